The molecule has 0 radical (unpaired) electrons. The minimum absolute atomic E-state index is 0.809. The lowest BCUT2D eigenvalue weighted by Gasteiger charge is -2.25. The Bertz CT molecular complexity index is 669. The van der Waals surface area contributed by atoms with Crippen LogP contribution in [0.1, 0.15) is 71.1 Å². The van der Waals surface area contributed by atoms with Gasteiger partial charge in [-0.2, -0.15) is 0 Å². The third-order valence-corrected chi connectivity index (χ3v) is 6.89. The van der Waals surface area contributed by atoms with Crippen molar-refractivity contribution in [3.63, 3.8) is 0 Å². The van der Waals surface area contributed by atoms with E-state index < -0.39 is 8.56 Å². The Morgan fingerprint density at radius 2 is 1.21 bits per heavy atom. The number of unbranched alkanes of at least 4 members (excludes halogenated alkanes) is 9. The maximum absolute atomic E-state index is 6.40. The average molecular weight is 413 g/mol. The van der Waals surface area contributed by atoms with E-state index in [-0.39, 0.29) is 0 Å². The molecule has 0 aliphatic carbocycles. The zero-order valence-corrected chi connectivity index (χ0v) is 19.8. The molecule has 0 N–H and O–H groups in total. The van der Waals surface area contributed by atoms with Gasteiger partial charge in [0.2, 0.25) is 0 Å². The summed E-state index contributed by atoms with van der Waals surface area (Å²) in [5.41, 5.74) is 2.32. The van der Waals surface area contributed by atoms with Crippen LogP contribution >= 0.6 is 0 Å². The molecule has 2 aromatic rings. The van der Waals surface area contributed by atoms with E-state index in [1.807, 2.05) is 12.1 Å². The minimum Gasteiger partial charge on any atom is -0.520 e. The zero-order chi connectivity index (χ0) is 20.8. The fraction of sp³-hybridized carbons (Fsp3) is 0.538. The highest BCUT2D eigenvalue weighted by atomic mass is 28.4. The standard InChI is InChI=1S/C26H40O2Si/c1-4-5-6-7-8-9-10-11-12-18-23-27-29(2,3)28-26-22-17-16-21-25(26)24-19-14-13-15-20-24/h13-17,19-22H,4-12,18,23H2,1-3H3. The molecule has 2 nitrogen and oxygen atoms in total. The Kier molecular flexibility index (Phi) is 11.1. The lowest BCUT2D eigenvalue weighted by molar-refractivity contribution is 0.241. The molecule has 2 aromatic carbocycles. The molecule has 0 saturated carbocycles. The quantitative estimate of drug-likeness (QED) is 0.216. The fourth-order valence-electron chi connectivity index (χ4n) is 3.61. The van der Waals surface area contributed by atoms with Crippen LogP contribution in [0, 0.1) is 0 Å². The first-order chi connectivity index (χ1) is 14.1. The smallest absolute Gasteiger partial charge is 0.392 e. The van der Waals surface area contributed by atoms with Gasteiger partial charge in [-0.15, -0.1) is 0 Å². The molecule has 3 heteroatoms. The van der Waals surface area contributed by atoms with Crippen molar-refractivity contribution in [2.45, 2.75) is 84.2 Å². The van der Waals surface area contributed by atoms with E-state index in [0.29, 0.717) is 0 Å². The SMILES string of the molecule is CCCCCCCCCCCCO[Si](C)(C)Oc1ccccc1-c1ccccc1. The highest BCUT2D eigenvalue weighted by Crippen LogP contribution is 2.31. The Hall–Kier alpha value is -1.58. The molecule has 0 atom stereocenters. The Morgan fingerprint density at radius 1 is 0.655 bits per heavy atom. The summed E-state index contributed by atoms with van der Waals surface area (Å²) in [6.07, 6.45) is 13.5. The van der Waals surface area contributed by atoms with Gasteiger partial charge in [0, 0.05) is 12.2 Å². The van der Waals surface area contributed by atoms with Crippen molar-refractivity contribution < 1.29 is 8.85 Å². The molecular weight excluding hydrogens is 372 g/mol. The topological polar surface area (TPSA) is 18.5 Å². The maximum atomic E-state index is 6.40. The van der Waals surface area contributed by atoms with Crippen molar-refractivity contribution >= 4 is 8.56 Å². The van der Waals surface area contributed by atoms with E-state index in [0.717, 1.165) is 24.3 Å². The first kappa shape index (κ1) is 23.7. The van der Waals surface area contributed by atoms with Gasteiger partial charge >= 0.3 is 8.56 Å². The van der Waals surface area contributed by atoms with Crippen LogP contribution in [-0.4, -0.2) is 15.2 Å². The van der Waals surface area contributed by atoms with E-state index in [1.165, 1.54) is 63.4 Å². The van der Waals surface area contributed by atoms with Crippen molar-refractivity contribution in [3.05, 3.63) is 54.6 Å². The van der Waals surface area contributed by atoms with Crippen molar-refractivity contribution in [3.8, 4) is 16.9 Å². The van der Waals surface area contributed by atoms with Crippen LogP contribution < -0.4 is 4.43 Å². The zero-order valence-electron chi connectivity index (χ0n) is 18.8. The minimum atomic E-state index is -2.20. The monoisotopic (exact) mass is 412 g/mol. The van der Waals surface area contributed by atoms with Crippen LogP contribution in [0.25, 0.3) is 11.1 Å². The highest BCUT2D eigenvalue weighted by Gasteiger charge is 2.27. The largest absolute Gasteiger partial charge is 0.520 e. The van der Waals surface area contributed by atoms with Gasteiger partial charge in [0.15, 0.2) is 0 Å². The molecule has 0 aromatic heterocycles. The molecule has 0 bridgehead atoms. The molecule has 0 spiro atoms. The number of benzene rings is 2. The van der Waals surface area contributed by atoms with Gasteiger partial charge in [-0.05, 0) is 31.1 Å². The number of hydrogen-bond donors (Lipinski definition) is 0. The van der Waals surface area contributed by atoms with Gasteiger partial charge < -0.3 is 8.85 Å². The summed E-state index contributed by atoms with van der Waals surface area (Å²) in [5, 5.41) is 0. The Balaban J connectivity index is 1.67. The van der Waals surface area contributed by atoms with E-state index in [1.54, 1.807) is 0 Å². The summed E-state index contributed by atoms with van der Waals surface area (Å²) in [5.74, 6) is 0.929. The third kappa shape index (κ3) is 9.64. The molecule has 0 aliphatic heterocycles. The van der Waals surface area contributed by atoms with Gasteiger partial charge in [0.1, 0.15) is 5.75 Å². The normalized spacial score (nSPS) is 11.6. The van der Waals surface area contributed by atoms with E-state index in [4.69, 9.17) is 8.85 Å². The van der Waals surface area contributed by atoms with Gasteiger partial charge in [0.25, 0.3) is 0 Å². The van der Waals surface area contributed by atoms with Crippen LogP contribution in [0.2, 0.25) is 13.1 Å². The molecule has 29 heavy (non-hydrogen) atoms. The predicted molar refractivity (Wildman–Crippen MR) is 128 cm³/mol. The molecular formula is C26H40O2Si. The fourth-order valence-corrected chi connectivity index (χ4v) is 5.02. The molecule has 0 saturated heterocycles. The maximum Gasteiger partial charge on any atom is 0.392 e. The number of para-hydroxylation sites is 1. The van der Waals surface area contributed by atoms with Crippen LogP contribution in [0.3, 0.4) is 0 Å². The second-order valence-corrected chi connectivity index (χ2v) is 11.7. The second kappa shape index (κ2) is 13.6. The summed E-state index contributed by atoms with van der Waals surface area (Å²) in [6.45, 7) is 7.37. The number of rotatable bonds is 15. The first-order valence-electron chi connectivity index (χ1n) is 11.6. The van der Waals surface area contributed by atoms with Gasteiger partial charge in [-0.3, -0.25) is 0 Å². The summed E-state index contributed by atoms with van der Waals surface area (Å²) in [6, 6.07) is 18.7. The highest BCUT2D eigenvalue weighted by molar-refractivity contribution is 6.65. The van der Waals surface area contributed by atoms with Crippen LogP contribution in [0.5, 0.6) is 5.75 Å². The molecule has 0 fully saturated rings. The van der Waals surface area contributed by atoms with Crippen LogP contribution in [-0.2, 0) is 4.43 Å². The van der Waals surface area contributed by atoms with E-state index in [2.05, 4.69) is 62.5 Å². The number of hydrogen-bond acceptors (Lipinski definition) is 2. The molecule has 0 heterocycles. The Morgan fingerprint density at radius 3 is 1.86 bits per heavy atom. The summed E-state index contributed by atoms with van der Waals surface area (Å²) in [4.78, 5) is 0. The van der Waals surface area contributed by atoms with E-state index >= 15 is 0 Å². The van der Waals surface area contributed by atoms with Crippen molar-refractivity contribution in [1.29, 1.82) is 0 Å². The predicted octanol–water partition coefficient (Wildman–Crippen LogP) is 8.37. The third-order valence-electron chi connectivity index (χ3n) is 5.28. The molecule has 0 aliphatic rings. The first-order valence-corrected chi connectivity index (χ1v) is 14.4. The van der Waals surface area contributed by atoms with E-state index in [9.17, 15) is 0 Å². The van der Waals surface area contributed by atoms with Gasteiger partial charge in [0.05, 0.1) is 0 Å². The summed E-state index contributed by atoms with van der Waals surface area (Å²) in [7, 11) is -2.20. The van der Waals surface area contributed by atoms with Gasteiger partial charge in [-0.25, -0.2) is 0 Å². The second-order valence-electron chi connectivity index (χ2n) is 8.39. The lowest BCUT2D eigenvalue weighted by atomic mass is 10.1. The molecule has 160 valence electrons. The van der Waals surface area contributed by atoms with Crippen LogP contribution in [0.4, 0.5) is 0 Å². The van der Waals surface area contributed by atoms with Crippen LogP contribution in [0.15, 0.2) is 54.6 Å². The van der Waals surface area contributed by atoms with Gasteiger partial charge in [-0.1, -0.05) is 113 Å². The summed E-state index contributed by atoms with van der Waals surface area (Å²) >= 11 is 0. The lowest BCUT2D eigenvalue weighted by Crippen LogP contribution is -2.38. The summed E-state index contributed by atoms with van der Waals surface area (Å²) < 4.78 is 12.6. The molecule has 0 unspecified atom stereocenters. The van der Waals surface area contributed by atoms with Crippen molar-refractivity contribution in [2.75, 3.05) is 6.61 Å². The molecule has 0 amide bonds. The van der Waals surface area contributed by atoms with Crippen molar-refractivity contribution in [1.82, 2.24) is 0 Å². The average Bonchev–Trinajstić information content (AvgIpc) is 2.73. The Labute approximate surface area is 179 Å². The molecule has 2 rings (SSSR count). The van der Waals surface area contributed by atoms with Crippen molar-refractivity contribution in [2.24, 2.45) is 0 Å².